The first-order chi connectivity index (χ1) is 15.2. The molecular weight excluding hydrogens is 472 g/mol. The first-order valence-corrected chi connectivity index (χ1v) is 12.4. The van der Waals surface area contributed by atoms with Crippen LogP contribution < -0.4 is 5.01 Å². The summed E-state index contributed by atoms with van der Waals surface area (Å²) in [4.78, 5) is 7.48. The average molecular weight is 499 g/mol. The fourth-order valence-corrected chi connectivity index (χ4v) is 5.52. The van der Waals surface area contributed by atoms with Crippen LogP contribution in [0.25, 0.3) is 10.2 Å². The zero-order chi connectivity index (χ0) is 21.2. The molecule has 1 fully saturated rings. The number of morpholine rings is 1. The normalized spacial score (nSPS) is 17.9. The minimum Gasteiger partial charge on any atom is -0.379 e. The van der Waals surface area contributed by atoms with Crippen LogP contribution >= 0.6 is 27.3 Å². The molecule has 7 heteroatoms. The summed E-state index contributed by atoms with van der Waals surface area (Å²) in [5, 5.41) is 5.90. The third-order valence-corrected chi connectivity index (χ3v) is 7.58. The van der Waals surface area contributed by atoms with Crippen molar-refractivity contribution in [2.24, 2.45) is 0 Å². The summed E-state index contributed by atoms with van der Waals surface area (Å²) in [5.74, 6) is 0. The van der Waals surface area contributed by atoms with Crippen LogP contribution in [0.15, 0.2) is 64.3 Å². The summed E-state index contributed by atoms with van der Waals surface area (Å²) in [6.07, 6.45) is 1.05. The lowest BCUT2D eigenvalue weighted by Gasteiger charge is -2.33. The zero-order valence-electron chi connectivity index (χ0n) is 17.8. The molecule has 0 radical (unpaired) electrons. The van der Waals surface area contributed by atoms with E-state index >= 15 is 0 Å². The van der Waals surface area contributed by atoms with E-state index in [0.29, 0.717) is 0 Å². The summed E-state index contributed by atoms with van der Waals surface area (Å²) in [6, 6.07) is 17.1. The number of hydrogen-bond donors (Lipinski definition) is 0. The van der Waals surface area contributed by atoms with Gasteiger partial charge in [0.1, 0.15) is 0 Å². The zero-order valence-corrected chi connectivity index (χ0v) is 20.2. The molecule has 162 valence electrons. The van der Waals surface area contributed by atoms with Crippen molar-refractivity contribution in [3.8, 4) is 0 Å². The van der Waals surface area contributed by atoms with Gasteiger partial charge in [0.05, 0.1) is 36.5 Å². The van der Waals surface area contributed by atoms with E-state index in [2.05, 4.69) is 86.3 Å². The van der Waals surface area contributed by atoms with Crippen LogP contribution in [0, 0.1) is 0 Å². The number of thiazole rings is 1. The third-order valence-electron chi connectivity index (χ3n) is 6.00. The Kier molecular flexibility index (Phi) is 6.27. The Bertz CT molecular complexity index is 1040. The van der Waals surface area contributed by atoms with Gasteiger partial charge in [-0.2, -0.15) is 0 Å². The number of benzene rings is 2. The number of anilines is 1. The number of aromatic nitrogens is 1. The summed E-state index contributed by atoms with van der Waals surface area (Å²) >= 11 is 5.33. The summed E-state index contributed by atoms with van der Waals surface area (Å²) in [7, 11) is 0. The third kappa shape index (κ3) is 4.65. The van der Waals surface area contributed by atoms with Crippen LogP contribution in [0.5, 0.6) is 0 Å². The Morgan fingerprint density at radius 3 is 2.61 bits per heavy atom. The molecule has 0 aliphatic carbocycles. The van der Waals surface area contributed by atoms with Crippen molar-refractivity contribution in [2.45, 2.75) is 19.9 Å². The van der Waals surface area contributed by atoms with Crippen LogP contribution in [-0.4, -0.2) is 54.3 Å². The molecule has 0 N–H and O–H groups in total. The lowest BCUT2D eigenvalue weighted by molar-refractivity contribution is 0.0376. The lowest BCUT2D eigenvalue weighted by Crippen LogP contribution is -2.40. The Morgan fingerprint density at radius 1 is 1.06 bits per heavy atom. The molecule has 0 amide bonds. The molecule has 2 aromatic carbocycles. The van der Waals surface area contributed by atoms with Gasteiger partial charge < -0.3 is 4.74 Å². The lowest BCUT2D eigenvalue weighted by atomic mass is 10.1. The van der Waals surface area contributed by atoms with E-state index in [1.807, 2.05) is 0 Å². The van der Waals surface area contributed by atoms with E-state index in [1.54, 1.807) is 11.3 Å². The second kappa shape index (κ2) is 9.28. The Morgan fingerprint density at radius 2 is 1.84 bits per heavy atom. The van der Waals surface area contributed by atoms with Crippen molar-refractivity contribution in [1.82, 2.24) is 14.9 Å². The molecule has 5 rings (SSSR count). The maximum Gasteiger partial charge on any atom is 0.205 e. The monoisotopic (exact) mass is 498 g/mol. The predicted octanol–water partition coefficient (Wildman–Crippen LogP) is 5.29. The maximum atomic E-state index is 5.52. The molecule has 0 atom stereocenters. The van der Waals surface area contributed by atoms with Crippen LogP contribution in [0.3, 0.4) is 0 Å². The van der Waals surface area contributed by atoms with Crippen molar-refractivity contribution in [3.05, 3.63) is 69.8 Å². The minimum atomic E-state index is 0.846. The highest BCUT2D eigenvalue weighted by Gasteiger charge is 2.30. The second-order valence-corrected chi connectivity index (χ2v) is 10.1. The fraction of sp³-hybridized carbons (Fsp3) is 0.375. The van der Waals surface area contributed by atoms with Crippen LogP contribution in [-0.2, 0) is 11.3 Å². The number of hydrazine groups is 1. The van der Waals surface area contributed by atoms with E-state index in [0.717, 1.165) is 67.5 Å². The van der Waals surface area contributed by atoms with Gasteiger partial charge in [0.2, 0.25) is 5.13 Å². The topological polar surface area (TPSA) is 31.8 Å². The quantitative estimate of drug-likeness (QED) is 0.460. The fourth-order valence-electron chi connectivity index (χ4n) is 4.28. The molecule has 2 aliphatic heterocycles. The highest BCUT2D eigenvalue weighted by atomic mass is 79.9. The van der Waals surface area contributed by atoms with Gasteiger partial charge in [0, 0.05) is 36.2 Å². The number of hydrogen-bond acceptors (Lipinski definition) is 6. The Balaban J connectivity index is 1.41. The van der Waals surface area contributed by atoms with Crippen molar-refractivity contribution < 1.29 is 4.74 Å². The van der Waals surface area contributed by atoms with E-state index in [9.17, 15) is 0 Å². The number of halogens is 1. The molecule has 1 aromatic heterocycles. The molecule has 0 bridgehead atoms. The highest BCUT2D eigenvalue weighted by Crippen LogP contribution is 2.36. The summed E-state index contributed by atoms with van der Waals surface area (Å²) in [6.45, 7) is 8.84. The molecule has 2 aliphatic rings. The van der Waals surface area contributed by atoms with Gasteiger partial charge in [0.25, 0.3) is 0 Å². The number of rotatable bonds is 6. The standard InChI is InChI=1S/C24H27BrN4OS/c1-18-16-29(24-26-21-4-2-3-5-23(21)31-24)28(17-19-6-8-20(25)9-7-19)22(18)10-11-27-12-14-30-15-13-27/h2-9H,10-17H2,1H3. The minimum absolute atomic E-state index is 0.846. The largest absolute Gasteiger partial charge is 0.379 e. The number of nitrogens with zero attached hydrogens (tertiary/aromatic N) is 4. The highest BCUT2D eigenvalue weighted by molar-refractivity contribution is 9.10. The van der Waals surface area contributed by atoms with E-state index in [1.165, 1.54) is 21.5 Å². The van der Waals surface area contributed by atoms with Gasteiger partial charge in [0.15, 0.2) is 0 Å². The van der Waals surface area contributed by atoms with E-state index in [-0.39, 0.29) is 0 Å². The van der Waals surface area contributed by atoms with Crippen molar-refractivity contribution in [1.29, 1.82) is 0 Å². The summed E-state index contributed by atoms with van der Waals surface area (Å²) < 4.78 is 7.87. The Hall–Kier alpha value is -1.93. The first kappa shape index (κ1) is 20.9. The number of para-hydroxylation sites is 1. The van der Waals surface area contributed by atoms with Gasteiger partial charge in [-0.1, -0.05) is 51.5 Å². The molecule has 0 unspecified atom stereocenters. The van der Waals surface area contributed by atoms with Crippen LogP contribution in [0.4, 0.5) is 5.13 Å². The molecule has 3 aromatic rings. The van der Waals surface area contributed by atoms with Crippen molar-refractivity contribution in [3.63, 3.8) is 0 Å². The van der Waals surface area contributed by atoms with Gasteiger partial charge >= 0.3 is 0 Å². The molecular formula is C24H27BrN4OS. The first-order valence-electron chi connectivity index (χ1n) is 10.8. The van der Waals surface area contributed by atoms with Gasteiger partial charge in [-0.15, -0.1) is 0 Å². The smallest absolute Gasteiger partial charge is 0.205 e. The molecule has 1 saturated heterocycles. The second-order valence-electron chi connectivity index (χ2n) is 8.14. The Labute approximate surface area is 196 Å². The van der Waals surface area contributed by atoms with Crippen molar-refractivity contribution >= 4 is 42.6 Å². The molecule has 0 spiro atoms. The van der Waals surface area contributed by atoms with E-state index in [4.69, 9.17) is 9.72 Å². The molecule has 31 heavy (non-hydrogen) atoms. The van der Waals surface area contributed by atoms with Crippen molar-refractivity contribution in [2.75, 3.05) is 44.4 Å². The average Bonchev–Trinajstić information content (AvgIpc) is 3.35. The predicted molar refractivity (Wildman–Crippen MR) is 131 cm³/mol. The number of fused-ring (bicyclic) bond motifs is 1. The van der Waals surface area contributed by atoms with Gasteiger partial charge in [-0.3, -0.25) is 14.9 Å². The maximum absolute atomic E-state index is 5.52. The van der Waals surface area contributed by atoms with Gasteiger partial charge in [-0.05, 0) is 42.3 Å². The van der Waals surface area contributed by atoms with Crippen LogP contribution in [0.2, 0.25) is 0 Å². The molecule has 3 heterocycles. The molecule has 0 saturated carbocycles. The van der Waals surface area contributed by atoms with Crippen LogP contribution in [0.1, 0.15) is 18.9 Å². The number of ether oxygens (including phenoxy) is 1. The van der Waals surface area contributed by atoms with Gasteiger partial charge in [-0.25, -0.2) is 4.98 Å². The summed E-state index contributed by atoms with van der Waals surface area (Å²) in [5.41, 5.74) is 5.23. The van der Waals surface area contributed by atoms with E-state index < -0.39 is 0 Å². The molecule has 5 nitrogen and oxygen atoms in total. The SMILES string of the molecule is CC1=C(CCN2CCOCC2)N(Cc2ccc(Br)cc2)N(c2nc3ccccc3s2)C1.